The number of carbonyl (C=O) groups is 1. The molecule has 1 heterocycles. The van der Waals surface area contributed by atoms with Gasteiger partial charge in [-0.1, -0.05) is 0 Å². The summed E-state index contributed by atoms with van der Waals surface area (Å²) in [7, 11) is 0. The molecular weight excluding hydrogens is 194 g/mol. The molecule has 4 nitrogen and oxygen atoms in total. The van der Waals surface area contributed by atoms with Crippen LogP contribution in [0, 0.1) is 12.3 Å². The number of nitrogens with one attached hydrogen (secondary N) is 1. The molecule has 0 saturated heterocycles. The molecule has 0 aromatic rings. The minimum absolute atomic E-state index is 0.226. The second-order valence-corrected chi connectivity index (χ2v) is 3.12. The van der Waals surface area contributed by atoms with Crippen LogP contribution in [-0.2, 0) is 14.3 Å². The lowest BCUT2D eigenvalue weighted by Crippen LogP contribution is -2.29. The third kappa shape index (κ3) is 4.41. The first kappa shape index (κ1) is 11.4. The molecule has 15 heavy (non-hydrogen) atoms. The molecule has 0 radical (unpaired) electrons. The van der Waals surface area contributed by atoms with E-state index in [0.29, 0.717) is 19.8 Å². The lowest BCUT2D eigenvalue weighted by Gasteiger charge is -2.14. The summed E-state index contributed by atoms with van der Waals surface area (Å²) in [4.78, 5) is 11.4. The Bertz CT molecular complexity index is 278. The lowest BCUT2D eigenvalue weighted by molar-refractivity contribution is -0.122. The van der Waals surface area contributed by atoms with Crippen LogP contribution >= 0.6 is 0 Å². The predicted molar refractivity (Wildman–Crippen MR) is 55.7 cm³/mol. The van der Waals surface area contributed by atoms with Crippen molar-refractivity contribution in [3.05, 3.63) is 12.0 Å². The third-order valence-corrected chi connectivity index (χ3v) is 1.91. The van der Waals surface area contributed by atoms with E-state index in [2.05, 4.69) is 11.2 Å². The van der Waals surface area contributed by atoms with Crippen molar-refractivity contribution in [2.24, 2.45) is 0 Å². The van der Waals surface area contributed by atoms with Crippen molar-refractivity contribution in [3.63, 3.8) is 0 Å². The number of hydrogen-bond acceptors (Lipinski definition) is 3. The van der Waals surface area contributed by atoms with Gasteiger partial charge in [-0.15, -0.1) is 12.3 Å². The minimum Gasteiger partial charge on any atom is -0.494 e. The van der Waals surface area contributed by atoms with Gasteiger partial charge in [0.1, 0.15) is 19.5 Å². The summed E-state index contributed by atoms with van der Waals surface area (Å²) in [5.74, 6) is 2.57. The van der Waals surface area contributed by atoms with E-state index in [-0.39, 0.29) is 11.7 Å². The first-order chi connectivity index (χ1) is 7.34. The summed E-state index contributed by atoms with van der Waals surface area (Å²) in [6.45, 7) is 1.54. The second kappa shape index (κ2) is 6.77. The highest BCUT2D eigenvalue weighted by atomic mass is 16.6. The van der Waals surface area contributed by atoms with Crippen molar-refractivity contribution >= 4 is 5.91 Å². The highest BCUT2D eigenvalue weighted by Crippen LogP contribution is 2.03. The average molecular weight is 209 g/mol. The van der Waals surface area contributed by atoms with Gasteiger partial charge in [0.15, 0.2) is 0 Å². The molecule has 1 aliphatic heterocycles. The monoisotopic (exact) mass is 209 g/mol. The molecule has 0 saturated carbocycles. The van der Waals surface area contributed by atoms with Gasteiger partial charge in [0.05, 0.1) is 0 Å². The number of unbranched alkanes of at least 4 members (excludes halogenated alkanes) is 2. The Balaban J connectivity index is 2.13. The van der Waals surface area contributed by atoms with Crippen LogP contribution in [0.1, 0.15) is 19.3 Å². The molecule has 1 aliphatic rings. The number of rotatable bonds is 5. The molecule has 0 aromatic heterocycles. The Kier molecular flexibility index (Phi) is 5.16. The summed E-state index contributed by atoms with van der Waals surface area (Å²) in [5.41, 5.74) is 0. The fourth-order valence-corrected chi connectivity index (χ4v) is 1.13. The summed E-state index contributed by atoms with van der Waals surface area (Å²) in [5, 5.41) is 2.73. The van der Waals surface area contributed by atoms with Crippen LogP contribution in [0.4, 0.5) is 0 Å². The van der Waals surface area contributed by atoms with Crippen molar-refractivity contribution in [1.82, 2.24) is 5.32 Å². The molecule has 0 atom stereocenters. The zero-order valence-corrected chi connectivity index (χ0v) is 8.62. The molecule has 4 heteroatoms. The Hall–Kier alpha value is -1.63. The van der Waals surface area contributed by atoms with E-state index in [1.807, 2.05) is 0 Å². The molecule has 0 spiro atoms. The first-order valence-electron chi connectivity index (χ1n) is 5.01. The lowest BCUT2D eigenvalue weighted by atomic mass is 10.2. The first-order valence-corrected chi connectivity index (χ1v) is 5.01. The predicted octanol–water partition coefficient (Wildman–Crippen LogP) is 0.794. The Labute approximate surface area is 89.6 Å². The molecule has 0 bridgehead atoms. The maximum absolute atomic E-state index is 11.4. The van der Waals surface area contributed by atoms with Crippen molar-refractivity contribution in [2.45, 2.75) is 19.3 Å². The Morgan fingerprint density at radius 1 is 1.53 bits per heavy atom. The van der Waals surface area contributed by atoms with E-state index in [1.54, 1.807) is 0 Å². The fraction of sp³-hybridized carbons (Fsp3) is 0.545. The number of carbonyl (C=O) groups excluding carboxylic acids is 1. The summed E-state index contributed by atoms with van der Waals surface area (Å²) in [6.07, 6.45) is 9.00. The van der Waals surface area contributed by atoms with Crippen LogP contribution < -0.4 is 5.32 Å². The number of terminal acetylenes is 1. The van der Waals surface area contributed by atoms with Gasteiger partial charge in [-0.2, -0.15) is 0 Å². The van der Waals surface area contributed by atoms with E-state index in [9.17, 15) is 4.79 Å². The molecule has 0 unspecified atom stereocenters. The maximum Gasteiger partial charge on any atom is 0.289 e. The molecule has 1 amide bonds. The van der Waals surface area contributed by atoms with Gasteiger partial charge >= 0.3 is 0 Å². The number of ether oxygens (including phenoxy) is 2. The van der Waals surface area contributed by atoms with Crippen LogP contribution in [0.2, 0.25) is 0 Å². The smallest absolute Gasteiger partial charge is 0.289 e. The molecule has 1 N–H and O–H groups in total. The zero-order chi connectivity index (χ0) is 10.9. The summed E-state index contributed by atoms with van der Waals surface area (Å²) < 4.78 is 10.1. The molecule has 0 fully saturated rings. The molecule has 0 aromatic carbocycles. The van der Waals surface area contributed by atoms with Gasteiger partial charge in [0.25, 0.3) is 5.91 Å². The quantitative estimate of drug-likeness (QED) is 0.538. The fourth-order valence-electron chi connectivity index (χ4n) is 1.13. The number of hydrogen-bond donors (Lipinski definition) is 1. The third-order valence-electron chi connectivity index (χ3n) is 1.91. The Morgan fingerprint density at radius 3 is 3.07 bits per heavy atom. The van der Waals surface area contributed by atoms with Gasteiger partial charge in [0, 0.05) is 13.0 Å². The van der Waals surface area contributed by atoms with Crippen LogP contribution in [-0.4, -0.2) is 25.7 Å². The average Bonchev–Trinajstić information content (AvgIpc) is 2.30. The van der Waals surface area contributed by atoms with Gasteiger partial charge in [-0.25, -0.2) is 0 Å². The Morgan fingerprint density at radius 2 is 2.40 bits per heavy atom. The number of amides is 1. The minimum atomic E-state index is -0.226. The van der Waals surface area contributed by atoms with Gasteiger partial charge < -0.3 is 14.8 Å². The van der Waals surface area contributed by atoms with Crippen molar-refractivity contribution in [2.75, 3.05) is 19.8 Å². The van der Waals surface area contributed by atoms with Crippen LogP contribution in [0.3, 0.4) is 0 Å². The van der Waals surface area contributed by atoms with E-state index >= 15 is 0 Å². The molecule has 1 rings (SSSR count). The largest absolute Gasteiger partial charge is 0.494 e. The van der Waals surface area contributed by atoms with Gasteiger partial charge in [0.2, 0.25) is 5.76 Å². The van der Waals surface area contributed by atoms with E-state index in [1.165, 1.54) is 6.26 Å². The molecule has 0 aliphatic carbocycles. The highest BCUT2D eigenvalue weighted by Gasteiger charge is 2.13. The van der Waals surface area contributed by atoms with E-state index < -0.39 is 0 Å². The van der Waals surface area contributed by atoms with Crippen molar-refractivity contribution < 1.29 is 14.3 Å². The van der Waals surface area contributed by atoms with Crippen molar-refractivity contribution in [3.8, 4) is 12.3 Å². The summed E-state index contributed by atoms with van der Waals surface area (Å²) in [6, 6.07) is 0. The van der Waals surface area contributed by atoms with E-state index in [4.69, 9.17) is 15.9 Å². The van der Waals surface area contributed by atoms with Crippen LogP contribution in [0.15, 0.2) is 12.0 Å². The standard InChI is InChI=1S/C11H15NO3/c1-2-3-4-5-6-12-11(13)10-9-14-7-8-15-10/h1,9H,3-8H2,(H,12,13). The van der Waals surface area contributed by atoms with Crippen LogP contribution in [0.5, 0.6) is 0 Å². The maximum atomic E-state index is 11.4. The SMILES string of the molecule is C#CCCCCNC(=O)C1=COCCO1. The van der Waals surface area contributed by atoms with E-state index in [0.717, 1.165) is 19.3 Å². The summed E-state index contributed by atoms with van der Waals surface area (Å²) >= 11 is 0. The normalized spacial score (nSPS) is 14.2. The zero-order valence-electron chi connectivity index (χ0n) is 8.62. The van der Waals surface area contributed by atoms with Crippen molar-refractivity contribution in [1.29, 1.82) is 0 Å². The second-order valence-electron chi connectivity index (χ2n) is 3.12. The molecule has 82 valence electrons. The van der Waals surface area contributed by atoms with Crippen LogP contribution in [0.25, 0.3) is 0 Å². The molecular formula is C11H15NO3. The topological polar surface area (TPSA) is 47.6 Å². The van der Waals surface area contributed by atoms with Gasteiger partial charge in [-0.05, 0) is 12.8 Å². The van der Waals surface area contributed by atoms with Gasteiger partial charge in [-0.3, -0.25) is 4.79 Å². The highest BCUT2D eigenvalue weighted by molar-refractivity contribution is 5.91.